The number of carbonyl (C=O) groups excluding carboxylic acids is 2. The predicted molar refractivity (Wildman–Crippen MR) is 73.8 cm³/mol. The molecular formula is C15H17NO4. The van der Waals surface area contributed by atoms with E-state index in [4.69, 9.17) is 4.74 Å². The Hall–Kier alpha value is -2.14. The van der Waals surface area contributed by atoms with Crippen molar-refractivity contribution in [3.05, 3.63) is 42.0 Å². The van der Waals surface area contributed by atoms with Gasteiger partial charge >= 0.3 is 12.1 Å². The monoisotopic (exact) mass is 275 g/mol. The van der Waals surface area contributed by atoms with Crippen molar-refractivity contribution in [1.82, 2.24) is 5.32 Å². The normalized spacial score (nSPS) is 17.7. The van der Waals surface area contributed by atoms with Crippen LogP contribution in [0, 0.1) is 0 Å². The summed E-state index contributed by atoms with van der Waals surface area (Å²) in [5, 5.41) is 2.45. The van der Waals surface area contributed by atoms with Crippen molar-refractivity contribution < 1.29 is 19.1 Å². The minimum Gasteiger partial charge on any atom is -0.377 e. The molecule has 1 aliphatic heterocycles. The minimum absolute atomic E-state index is 0.505. The SMILES string of the molecule is C=Cc1ccc(COCCC[C@@H]2NC(=O)OC2=O)cc1. The second-order valence-corrected chi connectivity index (χ2v) is 4.55. The number of nitrogens with one attached hydrogen (secondary N) is 1. The van der Waals surface area contributed by atoms with Gasteiger partial charge in [-0.3, -0.25) is 0 Å². The van der Waals surface area contributed by atoms with Crippen molar-refractivity contribution in [2.45, 2.75) is 25.5 Å². The molecule has 1 saturated heterocycles. The summed E-state index contributed by atoms with van der Waals surface area (Å²) >= 11 is 0. The van der Waals surface area contributed by atoms with E-state index in [1.165, 1.54) is 0 Å². The quantitative estimate of drug-likeness (QED) is 0.471. The summed E-state index contributed by atoms with van der Waals surface area (Å²) in [4.78, 5) is 22.0. The third-order valence-corrected chi connectivity index (χ3v) is 3.04. The third-order valence-electron chi connectivity index (χ3n) is 3.04. The Morgan fingerprint density at radius 1 is 1.30 bits per heavy atom. The molecule has 1 amide bonds. The van der Waals surface area contributed by atoms with Crippen LogP contribution in [0.15, 0.2) is 30.8 Å². The number of rotatable bonds is 7. The summed E-state index contributed by atoms with van der Waals surface area (Å²) in [6.07, 6.45) is 2.34. The Morgan fingerprint density at radius 3 is 2.65 bits per heavy atom. The van der Waals surface area contributed by atoms with Crippen LogP contribution in [0.4, 0.5) is 4.79 Å². The van der Waals surface area contributed by atoms with E-state index in [-0.39, 0.29) is 0 Å². The number of ether oxygens (including phenoxy) is 2. The molecule has 0 aliphatic carbocycles. The van der Waals surface area contributed by atoms with Crippen molar-refractivity contribution in [3.63, 3.8) is 0 Å². The zero-order valence-electron chi connectivity index (χ0n) is 11.1. The largest absolute Gasteiger partial charge is 0.415 e. The van der Waals surface area contributed by atoms with Crippen LogP contribution in [0.5, 0.6) is 0 Å². The van der Waals surface area contributed by atoms with Gasteiger partial charge in [0.15, 0.2) is 0 Å². The van der Waals surface area contributed by atoms with Gasteiger partial charge in [0, 0.05) is 6.61 Å². The van der Waals surface area contributed by atoms with E-state index in [0.717, 1.165) is 11.1 Å². The Morgan fingerprint density at radius 2 is 2.05 bits per heavy atom. The van der Waals surface area contributed by atoms with Crippen LogP contribution < -0.4 is 5.32 Å². The fraction of sp³-hybridized carbons (Fsp3) is 0.333. The van der Waals surface area contributed by atoms with Gasteiger partial charge in [-0.1, -0.05) is 36.9 Å². The summed E-state index contributed by atoms with van der Waals surface area (Å²) in [6, 6.07) is 7.42. The standard InChI is InChI=1S/C15H17NO4/c1-2-11-5-7-12(8-6-11)10-19-9-3-4-13-14(17)20-15(18)16-13/h2,5-8,13H,1,3-4,9-10H2,(H,16,18)/t13-/m0/s1. The van der Waals surface area contributed by atoms with E-state index < -0.39 is 18.1 Å². The first kappa shape index (κ1) is 14.3. The number of amides is 1. The van der Waals surface area contributed by atoms with Gasteiger partial charge in [-0.25, -0.2) is 9.59 Å². The molecule has 20 heavy (non-hydrogen) atoms. The van der Waals surface area contributed by atoms with Crippen molar-refractivity contribution in [3.8, 4) is 0 Å². The zero-order valence-corrected chi connectivity index (χ0v) is 11.1. The summed E-state index contributed by atoms with van der Waals surface area (Å²) in [7, 11) is 0. The molecule has 0 unspecified atom stereocenters. The summed E-state index contributed by atoms with van der Waals surface area (Å²) in [6.45, 7) is 4.75. The first-order valence-electron chi connectivity index (χ1n) is 6.50. The molecule has 1 aromatic rings. The lowest BCUT2D eigenvalue weighted by atomic mass is 10.1. The highest BCUT2D eigenvalue weighted by atomic mass is 16.6. The Labute approximate surface area is 117 Å². The molecular weight excluding hydrogens is 258 g/mol. The average molecular weight is 275 g/mol. The molecule has 1 N–H and O–H groups in total. The van der Waals surface area contributed by atoms with Gasteiger partial charge in [-0.05, 0) is 24.0 Å². The smallest absolute Gasteiger partial charge is 0.377 e. The third kappa shape index (κ3) is 3.93. The maximum Gasteiger partial charge on any atom is 0.415 e. The van der Waals surface area contributed by atoms with Gasteiger partial charge < -0.3 is 14.8 Å². The van der Waals surface area contributed by atoms with Crippen LogP contribution in [0.3, 0.4) is 0 Å². The molecule has 0 spiro atoms. The highest BCUT2D eigenvalue weighted by Crippen LogP contribution is 2.09. The van der Waals surface area contributed by atoms with E-state index >= 15 is 0 Å². The summed E-state index contributed by atoms with van der Waals surface area (Å²) < 4.78 is 9.91. The maximum absolute atomic E-state index is 11.2. The molecule has 0 aromatic heterocycles. The maximum atomic E-state index is 11.2. The highest BCUT2D eigenvalue weighted by molar-refractivity contribution is 5.95. The summed E-state index contributed by atoms with van der Waals surface area (Å²) in [5.41, 5.74) is 2.16. The number of carbonyl (C=O) groups is 2. The van der Waals surface area contributed by atoms with Gasteiger partial charge in [0.1, 0.15) is 6.04 Å². The number of esters is 1. The van der Waals surface area contributed by atoms with Gasteiger partial charge in [-0.2, -0.15) is 0 Å². The average Bonchev–Trinajstić information content (AvgIpc) is 2.77. The van der Waals surface area contributed by atoms with Gasteiger partial charge in [-0.15, -0.1) is 0 Å². The van der Waals surface area contributed by atoms with Crippen LogP contribution in [-0.2, 0) is 20.9 Å². The van der Waals surface area contributed by atoms with E-state index in [0.29, 0.717) is 26.1 Å². The van der Waals surface area contributed by atoms with Crippen molar-refractivity contribution in [2.24, 2.45) is 0 Å². The molecule has 1 atom stereocenters. The highest BCUT2D eigenvalue weighted by Gasteiger charge is 2.31. The number of alkyl carbamates (subject to hydrolysis) is 1. The molecule has 5 heteroatoms. The predicted octanol–water partition coefficient (Wildman–Crippen LogP) is 2.26. The van der Waals surface area contributed by atoms with Crippen LogP contribution in [-0.4, -0.2) is 24.7 Å². The zero-order chi connectivity index (χ0) is 14.4. The van der Waals surface area contributed by atoms with Gasteiger partial charge in [0.25, 0.3) is 0 Å². The minimum atomic E-state index is -0.664. The number of benzene rings is 1. The molecule has 0 saturated carbocycles. The first-order valence-corrected chi connectivity index (χ1v) is 6.50. The fourth-order valence-electron chi connectivity index (χ4n) is 1.91. The number of cyclic esters (lactones) is 2. The molecule has 1 fully saturated rings. The molecule has 106 valence electrons. The fourth-order valence-corrected chi connectivity index (χ4v) is 1.91. The molecule has 1 aliphatic rings. The Balaban J connectivity index is 1.62. The van der Waals surface area contributed by atoms with Gasteiger partial charge in [0.2, 0.25) is 0 Å². The second-order valence-electron chi connectivity index (χ2n) is 4.55. The van der Waals surface area contributed by atoms with Crippen LogP contribution in [0.1, 0.15) is 24.0 Å². The second kappa shape index (κ2) is 6.86. The topological polar surface area (TPSA) is 64.6 Å². The lowest BCUT2D eigenvalue weighted by Gasteiger charge is -2.07. The molecule has 5 nitrogen and oxygen atoms in total. The molecule has 2 rings (SSSR count). The van der Waals surface area contributed by atoms with Crippen LogP contribution in [0.2, 0.25) is 0 Å². The van der Waals surface area contributed by atoms with Crippen molar-refractivity contribution in [2.75, 3.05) is 6.61 Å². The first-order chi connectivity index (χ1) is 9.69. The van der Waals surface area contributed by atoms with Crippen LogP contribution in [0.25, 0.3) is 6.08 Å². The Kier molecular flexibility index (Phi) is 4.90. The summed E-state index contributed by atoms with van der Waals surface area (Å²) in [5.74, 6) is -0.505. The molecule has 0 radical (unpaired) electrons. The van der Waals surface area contributed by atoms with E-state index in [9.17, 15) is 9.59 Å². The number of hydrogen-bond donors (Lipinski definition) is 1. The van der Waals surface area contributed by atoms with E-state index in [1.54, 1.807) is 6.08 Å². The van der Waals surface area contributed by atoms with Gasteiger partial charge in [0.05, 0.1) is 6.61 Å². The molecule has 1 aromatic carbocycles. The van der Waals surface area contributed by atoms with E-state index in [2.05, 4.69) is 16.6 Å². The molecule has 0 bridgehead atoms. The van der Waals surface area contributed by atoms with E-state index in [1.807, 2.05) is 24.3 Å². The van der Waals surface area contributed by atoms with Crippen molar-refractivity contribution in [1.29, 1.82) is 0 Å². The lowest BCUT2D eigenvalue weighted by Crippen LogP contribution is -2.28. The van der Waals surface area contributed by atoms with Crippen molar-refractivity contribution >= 4 is 18.1 Å². The van der Waals surface area contributed by atoms with Crippen LogP contribution >= 0.6 is 0 Å². The lowest BCUT2D eigenvalue weighted by molar-refractivity contribution is -0.135. The Bertz CT molecular complexity index is 495. The molecule has 1 heterocycles. The number of hydrogen-bond acceptors (Lipinski definition) is 4.